The summed E-state index contributed by atoms with van der Waals surface area (Å²) in [5, 5.41) is 0. The first-order chi connectivity index (χ1) is 8.38. The summed E-state index contributed by atoms with van der Waals surface area (Å²) in [7, 11) is 0. The first-order valence-electron chi connectivity index (χ1n) is 5.69. The highest BCUT2D eigenvalue weighted by Gasteiger charge is 1.97. The molecule has 88 valence electrons. The fourth-order valence-corrected chi connectivity index (χ4v) is 1.60. The van der Waals surface area contributed by atoms with Crippen LogP contribution in [0.2, 0.25) is 0 Å². The summed E-state index contributed by atoms with van der Waals surface area (Å²) in [6, 6.07) is 11.9. The normalized spacial score (nSPS) is 10.2. The molecule has 0 fully saturated rings. The number of hydrogen-bond acceptors (Lipinski definition) is 3. The summed E-state index contributed by atoms with van der Waals surface area (Å²) in [5.41, 5.74) is 7.85. The minimum Gasteiger partial charge on any atom is -0.489 e. The van der Waals surface area contributed by atoms with E-state index in [-0.39, 0.29) is 0 Å². The van der Waals surface area contributed by atoms with Crippen LogP contribution in [-0.2, 0) is 13.0 Å². The van der Waals surface area contributed by atoms with E-state index in [1.807, 2.05) is 30.3 Å². The summed E-state index contributed by atoms with van der Waals surface area (Å²) < 4.78 is 5.71. The minimum atomic E-state index is 0.564. The molecule has 0 aliphatic rings. The Hall–Kier alpha value is -1.87. The zero-order chi connectivity index (χ0) is 11.9. The maximum atomic E-state index is 5.71. The van der Waals surface area contributed by atoms with Crippen LogP contribution in [0.1, 0.15) is 11.1 Å². The molecule has 1 aromatic heterocycles. The molecule has 1 heterocycles. The molecule has 2 rings (SSSR count). The Morgan fingerprint density at radius 1 is 1.06 bits per heavy atom. The zero-order valence-corrected chi connectivity index (χ0v) is 9.67. The van der Waals surface area contributed by atoms with Gasteiger partial charge in [0.1, 0.15) is 12.4 Å². The zero-order valence-electron chi connectivity index (χ0n) is 9.67. The van der Waals surface area contributed by atoms with Gasteiger partial charge in [0.25, 0.3) is 0 Å². The van der Waals surface area contributed by atoms with Gasteiger partial charge in [-0.1, -0.05) is 12.1 Å². The first-order valence-corrected chi connectivity index (χ1v) is 5.69. The Kier molecular flexibility index (Phi) is 4.11. The lowest BCUT2D eigenvalue weighted by atomic mass is 10.1. The molecule has 2 N–H and O–H groups in total. The molecule has 0 amide bonds. The summed E-state index contributed by atoms with van der Waals surface area (Å²) in [6.07, 6.45) is 4.42. The molecule has 3 heteroatoms. The topological polar surface area (TPSA) is 48.1 Å². The Labute approximate surface area is 101 Å². The van der Waals surface area contributed by atoms with Crippen LogP contribution in [0.15, 0.2) is 48.8 Å². The van der Waals surface area contributed by atoms with Crippen LogP contribution in [0, 0.1) is 0 Å². The van der Waals surface area contributed by atoms with Gasteiger partial charge < -0.3 is 10.5 Å². The number of nitrogens with zero attached hydrogens (tertiary/aromatic N) is 1. The Morgan fingerprint density at radius 2 is 1.88 bits per heavy atom. The summed E-state index contributed by atoms with van der Waals surface area (Å²) >= 11 is 0. The molecule has 0 spiro atoms. The molecular formula is C14H16N2O. The van der Waals surface area contributed by atoms with Gasteiger partial charge in [-0.05, 0) is 48.4 Å². The molecule has 0 aliphatic carbocycles. The van der Waals surface area contributed by atoms with E-state index in [0.29, 0.717) is 13.2 Å². The fraction of sp³-hybridized carbons (Fsp3) is 0.214. The molecule has 0 atom stereocenters. The first kappa shape index (κ1) is 11.6. The monoisotopic (exact) mass is 228 g/mol. The van der Waals surface area contributed by atoms with Gasteiger partial charge in [-0.25, -0.2) is 0 Å². The standard InChI is InChI=1S/C14H16N2O/c15-7-4-12-2-1-3-14(10-12)17-11-13-5-8-16-9-6-13/h1-3,5-6,8-10H,4,7,11,15H2. The lowest BCUT2D eigenvalue weighted by Gasteiger charge is -2.07. The van der Waals surface area contributed by atoms with Crippen molar-refractivity contribution in [2.45, 2.75) is 13.0 Å². The SMILES string of the molecule is NCCc1cccc(OCc2ccncc2)c1. The predicted octanol–water partition coefficient (Wildman–Crippen LogP) is 2.16. The molecule has 17 heavy (non-hydrogen) atoms. The Balaban J connectivity index is 1.97. The van der Waals surface area contributed by atoms with E-state index in [0.717, 1.165) is 17.7 Å². The van der Waals surface area contributed by atoms with E-state index in [1.165, 1.54) is 5.56 Å². The average molecular weight is 228 g/mol. The van der Waals surface area contributed by atoms with Crippen molar-refractivity contribution in [3.05, 3.63) is 59.9 Å². The maximum absolute atomic E-state index is 5.71. The van der Waals surface area contributed by atoms with Crippen molar-refractivity contribution in [3.63, 3.8) is 0 Å². The van der Waals surface area contributed by atoms with Gasteiger partial charge in [0.15, 0.2) is 0 Å². The quantitative estimate of drug-likeness (QED) is 0.853. The molecule has 0 aliphatic heterocycles. The molecule has 0 bridgehead atoms. The molecule has 3 nitrogen and oxygen atoms in total. The van der Waals surface area contributed by atoms with E-state index in [1.54, 1.807) is 12.4 Å². The van der Waals surface area contributed by atoms with E-state index in [9.17, 15) is 0 Å². The number of aromatic nitrogens is 1. The van der Waals surface area contributed by atoms with Gasteiger partial charge in [0, 0.05) is 12.4 Å². The van der Waals surface area contributed by atoms with Crippen LogP contribution >= 0.6 is 0 Å². The third-order valence-corrected chi connectivity index (χ3v) is 2.49. The van der Waals surface area contributed by atoms with Gasteiger partial charge in [-0.2, -0.15) is 0 Å². The van der Waals surface area contributed by atoms with Gasteiger partial charge in [0.2, 0.25) is 0 Å². The molecule has 1 aromatic carbocycles. The number of ether oxygens (including phenoxy) is 1. The third kappa shape index (κ3) is 3.57. The van der Waals surface area contributed by atoms with Crippen LogP contribution < -0.4 is 10.5 Å². The Bertz CT molecular complexity index is 457. The van der Waals surface area contributed by atoms with E-state index in [4.69, 9.17) is 10.5 Å². The highest BCUT2D eigenvalue weighted by Crippen LogP contribution is 2.15. The molecule has 0 saturated heterocycles. The van der Waals surface area contributed by atoms with Gasteiger partial charge >= 0.3 is 0 Å². The molecule has 0 radical (unpaired) electrons. The highest BCUT2D eigenvalue weighted by molar-refractivity contribution is 5.29. The smallest absolute Gasteiger partial charge is 0.120 e. The lowest BCUT2D eigenvalue weighted by molar-refractivity contribution is 0.306. The second-order valence-corrected chi connectivity index (χ2v) is 3.83. The highest BCUT2D eigenvalue weighted by atomic mass is 16.5. The van der Waals surface area contributed by atoms with Crippen molar-refractivity contribution in [1.82, 2.24) is 4.98 Å². The van der Waals surface area contributed by atoms with Crippen LogP contribution in [0.3, 0.4) is 0 Å². The summed E-state index contributed by atoms with van der Waals surface area (Å²) in [4.78, 5) is 3.97. The van der Waals surface area contributed by atoms with E-state index >= 15 is 0 Å². The largest absolute Gasteiger partial charge is 0.489 e. The van der Waals surface area contributed by atoms with Crippen molar-refractivity contribution in [1.29, 1.82) is 0 Å². The molecule has 0 unspecified atom stereocenters. The third-order valence-electron chi connectivity index (χ3n) is 2.49. The summed E-state index contributed by atoms with van der Waals surface area (Å²) in [5.74, 6) is 0.882. The lowest BCUT2D eigenvalue weighted by Crippen LogP contribution is -2.03. The second-order valence-electron chi connectivity index (χ2n) is 3.83. The second kappa shape index (κ2) is 6.01. The minimum absolute atomic E-state index is 0.564. The number of benzene rings is 1. The van der Waals surface area contributed by atoms with Crippen LogP contribution in [-0.4, -0.2) is 11.5 Å². The van der Waals surface area contributed by atoms with Crippen molar-refractivity contribution in [2.75, 3.05) is 6.54 Å². The van der Waals surface area contributed by atoms with Crippen LogP contribution in [0.4, 0.5) is 0 Å². The van der Waals surface area contributed by atoms with Crippen LogP contribution in [0.5, 0.6) is 5.75 Å². The predicted molar refractivity (Wildman–Crippen MR) is 67.8 cm³/mol. The van der Waals surface area contributed by atoms with Gasteiger partial charge in [0.05, 0.1) is 0 Å². The number of pyridine rings is 1. The Morgan fingerprint density at radius 3 is 2.65 bits per heavy atom. The molecular weight excluding hydrogens is 212 g/mol. The maximum Gasteiger partial charge on any atom is 0.120 e. The molecule has 2 aromatic rings. The van der Waals surface area contributed by atoms with Crippen LogP contribution in [0.25, 0.3) is 0 Å². The van der Waals surface area contributed by atoms with Crippen molar-refractivity contribution in [3.8, 4) is 5.75 Å². The van der Waals surface area contributed by atoms with E-state index in [2.05, 4.69) is 11.1 Å². The summed E-state index contributed by atoms with van der Waals surface area (Å²) in [6.45, 7) is 1.22. The number of hydrogen-bond donors (Lipinski definition) is 1. The molecule has 0 saturated carbocycles. The van der Waals surface area contributed by atoms with Gasteiger partial charge in [-0.3, -0.25) is 4.98 Å². The van der Waals surface area contributed by atoms with E-state index < -0.39 is 0 Å². The van der Waals surface area contributed by atoms with Crippen molar-refractivity contribution < 1.29 is 4.74 Å². The number of rotatable bonds is 5. The fourth-order valence-electron chi connectivity index (χ4n) is 1.60. The van der Waals surface area contributed by atoms with Gasteiger partial charge in [-0.15, -0.1) is 0 Å². The number of nitrogens with two attached hydrogens (primary N) is 1. The average Bonchev–Trinajstić information content (AvgIpc) is 2.39. The van der Waals surface area contributed by atoms with Crippen molar-refractivity contribution in [2.24, 2.45) is 5.73 Å². The van der Waals surface area contributed by atoms with Crippen molar-refractivity contribution >= 4 is 0 Å².